The molecule has 1 saturated heterocycles. The molecule has 1 aromatic heterocycles. The fourth-order valence-corrected chi connectivity index (χ4v) is 3.37. The highest BCUT2D eigenvalue weighted by Gasteiger charge is 2.33. The van der Waals surface area contributed by atoms with Gasteiger partial charge in [-0.05, 0) is 31.0 Å². The van der Waals surface area contributed by atoms with Crippen LogP contribution in [-0.4, -0.2) is 68.2 Å². The highest BCUT2D eigenvalue weighted by molar-refractivity contribution is 5.96. The van der Waals surface area contributed by atoms with Gasteiger partial charge in [0.1, 0.15) is 17.5 Å². The summed E-state index contributed by atoms with van der Waals surface area (Å²) in [5, 5.41) is 8.87. The van der Waals surface area contributed by atoms with Gasteiger partial charge in [0.2, 0.25) is 11.8 Å². The Hall–Kier alpha value is -3.56. The van der Waals surface area contributed by atoms with Crippen molar-refractivity contribution in [1.29, 1.82) is 0 Å². The number of hydrogen-bond donors (Lipinski definition) is 2. The van der Waals surface area contributed by atoms with E-state index >= 15 is 0 Å². The van der Waals surface area contributed by atoms with Crippen molar-refractivity contribution in [2.75, 3.05) is 34.4 Å². The Morgan fingerprint density at radius 2 is 2.03 bits per heavy atom. The minimum Gasteiger partial charge on any atom is -0.497 e. The van der Waals surface area contributed by atoms with Gasteiger partial charge in [0.05, 0.1) is 26.3 Å². The second-order valence-electron chi connectivity index (χ2n) is 6.68. The Kier molecular flexibility index (Phi) is 6.55. The second kappa shape index (κ2) is 9.29. The van der Waals surface area contributed by atoms with E-state index in [0.717, 1.165) is 6.42 Å². The van der Waals surface area contributed by atoms with Crippen molar-refractivity contribution in [2.24, 2.45) is 0 Å². The first-order valence-electron chi connectivity index (χ1n) is 9.46. The zero-order chi connectivity index (χ0) is 21.7. The second-order valence-corrected chi connectivity index (χ2v) is 6.68. The van der Waals surface area contributed by atoms with Crippen LogP contribution < -0.4 is 20.1 Å². The molecule has 2 heterocycles. The van der Waals surface area contributed by atoms with E-state index in [-0.39, 0.29) is 24.1 Å². The van der Waals surface area contributed by atoms with Crippen molar-refractivity contribution in [1.82, 2.24) is 20.7 Å². The van der Waals surface area contributed by atoms with Gasteiger partial charge in [-0.3, -0.25) is 14.4 Å². The third-order valence-corrected chi connectivity index (χ3v) is 4.94. The lowest BCUT2D eigenvalue weighted by atomic mass is 10.1. The largest absolute Gasteiger partial charge is 0.497 e. The lowest BCUT2D eigenvalue weighted by Gasteiger charge is -2.23. The molecule has 10 heteroatoms. The van der Waals surface area contributed by atoms with Crippen LogP contribution in [0, 0.1) is 0 Å². The number of carbonyl (C=O) groups is 3. The number of aromatic nitrogens is 1. The van der Waals surface area contributed by atoms with Crippen LogP contribution in [0.5, 0.6) is 11.5 Å². The van der Waals surface area contributed by atoms with Gasteiger partial charge in [-0.15, -0.1) is 0 Å². The molecule has 2 N–H and O–H groups in total. The van der Waals surface area contributed by atoms with Crippen LogP contribution in [0.4, 0.5) is 0 Å². The van der Waals surface area contributed by atoms with Crippen LogP contribution in [0.25, 0.3) is 11.3 Å². The van der Waals surface area contributed by atoms with Gasteiger partial charge in [-0.2, -0.15) is 0 Å². The molecule has 0 bridgehead atoms. The van der Waals surface area contributed by atoms with Crippen molar-refractivity contribution in [3.63, 3.8) is 0 Å². The van der Waals surface area contributed by atoms with Gasteiger partial charge < -0.3 is 29.5 Å². The fourth-order valence-electron chi connectivity index (χ4n) is 3.37. The third-order valence-electron chi connectivity index (χ3n) is 4.94. The third kappa shape index (κ3) is 4.37. The normalized spacial score (nSPS) is 15.6. The number of amides is 3. The minimum atomic E-state index is -0.559. The number of nitrogens with zero attached hydrogens (tertiary/aromatic N) is 2. The van der Waals surface area contributed by atoms with Crippen molar-refractivity contribution in [2.45, 2.75) is 18.9 Å². The SMILES string of the molecule is CNC(=O)C1CCCN1C(=O)CNC(=O)c1cc(-c2cc(OC)ccc2OC)on1. The summed E-state index contributed by atoms with van der Waals surface area (Å²) in [7, 11) is 4.59. The number of rotatable bonds is 7. The Bertz CT molecular complexity index is 941. The molecule has 1 aliphatic rings. The summed E-state index contributed by atoms with van der Waals surface area (Å²) in [4.78, 5) is 38.2. The van der Waals surface area contributed by atoms with Gasteiger partial charge >= 0.3 is 0 Å². The van der Waals surface area contributed by atoms with E-state index in [1.54, 1.807) is 18.2 Å². The summed E-state index contributed by atoms with van der Waals surface area (Å²) in [5.41, 5.74) is 0.594. The topological polar surface area (TPSA) is 123 Å². The highest BCUT2D eigenvalue weighted by Crippen LogP contribution is 2.33. The molecule has 2 aromatic rings. The van der Waals surface area contributed by atoms with E-state index in [1.807, 2.05) is 0 Å². The van der Waals surface area contributed by atoms with Crippen LogP contribution in [0.15, 0.2) is 28.8 Å². The maximum absolute atomic E-state index is 12.4. The quantitative estimate of drug-likeness (QED) is 0.685. The molecule has 0 spiro atoms. The highest BCUT2D eigenvalue weighted by atomic mass is 16.5. The summed E-state index contributed by atoms with van der Waals surface area (Å²) in [5.74, 6) is 0.351. The van der Waals surface area contributed by atoms with Gasteiger partial charge in [0, 0.05) is 19.7 Å². The first-order valence-corrected chi connectivity index (χ1v) is 9.46. The number of likely N-dealkylation sites (tertiary alicyclic amines) is 1. The van der Waals surface area contributed by atoms with E-state index in [2.05, 4.69) is 15.8 Å². The minimum absolute atomic E-state index is 0.0203. The maximum Gasteiger partial charge on any atom is 0.273 e. The molecule has 3 amide bonds. The van der Waals surface area contributed by atoms with E-state index in [0.29, 0.717) is 35.8 Å². The standard InChI is InChI=1S/C20H24N4O6/c1-21-20(27)15-5-4-8-24(15)18(25)11-22-19(26)14-10-17(30-23-14)13-9-12(28-2)6-7-16(13)29-3/h6-7,9-10,15H,4-5,8,11H2,1-3H3,(H,21,27)(H,22,26). The molecule has 0 radical (unpaired) electrons. The number of likely N-dealkylation sites (N-methyl/N-ethyl adjacent to an activating group) is 1. The molecule has 1 aromatic carbocycles. The zero-order valence-electron chi connectivity index (χ0n) is 17.1. The summed E-state index contributed by atoms with van der Waals surface area (Å²) in [6.07, 6.45) is 1.35. The van der Waals surface area contributed by atoms with Crippen molar-refractivity contribution < 1.29 is 28.4 Å². The molecule has 1 aliphatic heterocycles. The first kappa shape index (κ1) is 21.2. The fraction of sp³-hybridized carbons (Fsp3) is 0.400. The van der Waals surface area contributed by atoms with Gasteiger partial charge in [-0.1, -0.05) is 5.16 Å². The van der Waals surface area contributed by atoms with Crippen LogP contribution in [0.1, 0.15) is 23.3 Å². The molecule has 160 valence electrons. The molecule has 1 fully saturated rings. The van der Waals surface area contributed by atoms with Crippen molar-refractivity contribution in [3.05, 3.63) is 30.0 Å². The lowest BCUT2D eigenvalue weighted by Crippen LogP contribution is -2.48. The summed E-state index contributed by atoms with van der Waals surface area (Å²) < 4.78 is 15.8. The summed E-state index contributed by atoms with van der Waals surface area (Å²) in [6.45, 7) is 0.244. The molecule has 1 atom stereocenters. The molecular formula is C20H24N4O6. The van der Waals surface area contributed by atoms with Gasteiger partial charge in [-0.25, -0.2) is 0 Å². The van der Waals surface area contributed by atoms with Crippen LogP contribution in [0.3, 0.4) is 0 Å². The Balaban J connectivity index is 1.66. The maximum atomic E-state index is 12.4. The van der Waals surface area contributed by atoms with Crippen LogP contribution in [-0.2, 0) is 9.59 Å². The Morgan fingerprint density at radius 3 is 2.73 bits per heavy atom. The number of benzene rings is 1. The first-order chi connectivity index (χ1) is 14.5. The van der Waals surface area contributed by atoms with Gasteiger partial charge in [0.15, 0.2) is 11.5 Å². The lowest BCUT2D eigenvalue weighted by molar-refractivity contribution is -0.137. The Labute approximate surface area is 173 Å². The average Bonchev–Trinajstić information content (AvgIpc) is 3.46. The monoisotopic (exact) mass is 416 g/mol. The Morgan fingerprint density at radius 1 is 1.23 bits per heavy atom. The predicted molar refractivity (Wildman–Crippen MR) is 106 cm³/mol. The van der Waals surface area contributed by atoms with Crippen molar-refractivity contribution >= 4 is 17.7 Å². The van der Waals surface area contributed by atoms with E-state index in [1.165, 1.54) is 32.2 Å². The van der Waals surface area contributed by atoms with E-state index in [4.69, 9.17) is 14.0 Å². The van der Waals surface area contributed by atoms with Gasteiger partial charge in [0.25, 0.3) is 5.91 Å². The molecule has 0 aliphatic carbocycles. The number of carbonyl (C=O) groups excluding carboxylic acids is 3. The molecule has 3 rings (SSSR count). The van der Waals surface area contributed by atoms with Crippen molar-refractivity contribution in [3.8, 4) is 22.8 Å². The molecule has 0 saturated carbocycles. The number of hydrogen-bond acceptors (Lipinski definition) is 7. The molecule has 30 heavy (non-hydrogen) atoms. The predicted octanol–water partition coefficient (Wildman–Crippen LogP) is 0.826. The molecule has 1 unspecified atom stereocenters. The molecule has 10 nitrogen and oxygen atoms in total. The van der Waals surface area contributed by atoms with E-state index < -0.39 is 11.9 Å². The average molecular weight is 416 g/mol. The smallest absolute Gasteiger partial charge is 0.273 e. The van der Waals surface area contributed by atoms with Crippen LogP contribution in [0.2, 0.25) is 0 Å². The number of ether oxygens (including phenoxy) is 2. The zero-order valence-corrected chi connectivity index (χ0v) is 17.1. The summed E-state index contributed by atoms with van der Waals surface area (Å²) >= 11 is 0. The van der Waals surface area contributed by atoms with Crippen LogP contribution >= 0.6 is 0 Å². The van der Waals surface area contributed by atoms with E-state index in [9.17, 15) is 14.4 Å². The summed E-state index contributed by atoms with van der Waals surface area (Å²) in [6, 6.07) is 6.12. The number of nitrogens with one attached hydrogen (secondary N) is 2. The number of methoxy groups -OCH3 is 2. The molecular weight excluding hydrogens is 392 g/mol.